The third kappa shape index (κ3) is 9.36. The molecule has 0 aliphatic heterocycles. The number of rotatable bonds is 13. The molecule has 4 nitrogen and oxygen atoms in total. The van der Waals surface area contributed by atoms with E-state index in [-0.39, 0.29) is 5.91 Å². The number of carbonyl (C=O) groups excluding carboxylic acids is 1. The lowest BCUT2D eigenvalue weighted by Crippen LogP contribution is -2.37. The maximum atomic E-state index is 11.9. The second-order valence-corrected chi connectivity index (χ2v) is 6.01. The summed E-state index contributed by atoms with van der Waals surface area (Å²) >= 11 is 0. The van der Waals surface area contributed by atoms with Crippen molar-refractivity contribution in [3.8, 4) is 0 Å². The second-order valence-electron chi connectivity index (χ2n) is 6.01. The fourth-order valence-corrected chi connectivity index (χ4v) is 2.52. The van der Waals surface area contributed by atoms with Crippen LogP contribution in [0.15, 0.2) is 30.3 Å². The zero-order valence-corrected chi connectivity index (χ0v) is 14.5. The van der Waals surface area contributed by atoms with Crippen LogP contribution in [0.2, 0.25) is 0 Å². The van der Waals surface area contributed by atoms with Crippen molar-refractivity contribution >= 4 is 5.91 Å². The molecule has 23 heavy (non-hydrogen) atoms. The number of benzene rings is 1. The van der Waals surface area contributed by atoms with Crippen LogP contribution in [0, 0.1) is 0 Å². The van der Waals surface area contributed by atoms with Crippen LogP contribution in [0.25, 0.3) is 0 Å². The van der Waals surface area contributed by atoms with E-state index in [0.717, 1.165) is 18.0 Å². The lowest BCUT2D eigenvalue weighted by molar-refractivity contribution is -0.126. The van der Waals surface area contributed by atoms with Crippen molar-refractivity contribution in [2.45, 2.75) is 71.1 Å². The number of hydrogen-bond donors (Lipinski definition) is 1. The van der Waals surface area contributed by atoms with E-state index < -0.39 is 0 Å². The molecule has 0 saturated heterocycles. The van der Waals surface area contributed by atoms with Gasteiger partial charge in [-0.25, -0.2) is 5.84 Å². The maximum Gasteiger partial charge on any atom is 0.292 e. The van der Waals surface area contributed by atoms with E-state index in [1.165, 1.54) is 51.4 Å². The maximum absolute atomic E-state index is 11.9. The quantitative estimate of drug-likeness (QED) is 0.244. The first-order valence-electron chi connectivity index (χ1n) is 9.02. The number of nitrogens with two attached hydrogens (primary N) is 1. The van der Waals surface area contributed by atoms with E-state index in [2.05, 4.69) is 6.92 Å². The molecule has 0 spiro atoms. The summed E-state index contributed by atoms with van der Waals surface area (Å²) in [5.41, 5.74) is 0.540. The zero-order valence-electron chi connectivity index (χ0n) is 14.5. The molecule has 0 unspecified atom stereocenters. The van der Waals surface area contributed by atoms with Crippen LogP contribution < -0.4 is 5.84 Å². The topological polar surface area (TPSA) is 55.6 Å². The van der Waals surface area contributed by atoms with Crippen molar-refractivity contribution < 1.29 is 9.63 Å². The van der Waals surface area contributed by atoms with Gasteiger partial charge in [-0.3, -0.25) is 9.63 Å². The fourth-order valence-electron chi connectivity index (χ4n) is 2.52. The second kappa shape index (κ2) is 13.1. The van der Waals surface area contributed by atoms with Crippen LogP contribution in [-0.4, -0.2) is 17.7 Å². The molecule has 1 aromatic rings. The first-order chi connectivity index (χ1) is 11.3. The van der Waals surface area contributed by atoms with E-state index in [0.29, 0.717) is 12.2 Å². The van der Waals surface area contributed by atoms with E-state index in [1.807, 2.05) is 18.2 Å². The van der Waals surface area contributed by atoms with Crippen LogP contribution in [0.1, 0.15) is 81.5 Å². The number of amides is 1. The molecular weight excluding hydrogens is 288 g/mol. The van der Waals surface area contributed by atoms with E-state index >= 15 is 0 Å². The number of carbonyl (C=O) groups is 1. The molecule has 1 aromatic carbocycles. The van der Waals surface area contributed by atoms with Gasteiger partial charge in [0.15, 0.2) is 0 Å². The average molecular weight is 320 g/mol. The van der Waals surface area contributed by atoms with Crippen molar-refractivity contribution in [1.82, 2.24) is 5.17 Å². The molecular formula is C19H32N2O2. The predicted molar refractivity (Wildman–Crippen MR) is 94.6 cm³/mol. The van der Waals surface area contributed by atoms with Crippen molar-refractivity contribution in [3.05, 3.63) is 35.9 Å². The number of hydrazine groups is 1. The van der Waals surface area contributed by atoms with E-state index in [4.69, 9.17) is 10.7 Å². The summed E-state index contributed by atoms with van der Waals surface area (Å²) in [6, 6.07) is 8.94. The molecule has 0 heterocycles. The number of unbranched alkanes of at least 4 members (excludes halogenated alkanes) is 9. The SMILES string of the molecule is CCCCCCCCCCCCON(N)C(=O)c1ccccc1. The molecule has 4 heteroatoms. The molecule has 0 fully saturated rings. The molecule has 130 valence electrons. The number of hydrogen-bond acceptors (Lipinski definition) is 3. The van der Waals surface area contributed by atoms with Crippen LogP contribution >= 0.6 is 0 Å². The highest BCUT2D eigenvalue weighted by Gasteiger charge is 2.12. The molecule has 0 bridgehead atoms. The number of hydroxylamine groups is 1. The Morgan fingerprint density at radius 1 is 0.913 bits per heavy atom. The summed E-state index contributed by atoms with van der Waals surface area (Å²) < 4.78 is 0. The lowest BCUT2D eigenvalue weighted by Gasteiger charge is -2.15. The van der Waals surface area contributed by atoms with Gasteiger partial charge in [-0.2, -0.15) is 0 Å². The van der Waals surface area contributed by atoms with Gasteiger partial charge in [-0.15, -0.1) is 5.17 Å². The van der Waals surface area contributed by atoms with Gasteiger partial charge in [0.05, 0.1) is 6.61 Å². The highest BCUT2D eigenvalue weighted by atomic mass is 16.7. The van der Waals surface area contributed by atoms with Gasteiger partial charge >= 0.3 is 0 Å². The van der Waals surface area contributed by atoms with Gasteiger partial charge < -0.3 is 0 Å². The molecule has 0 aromatic heterocycles. The lowest BCUT2D eigenvalue weighted by atomic mass is 10.1. The van der Waals surface area contributed by atoms with Crippen molar-refractivity contribution in [3.63, 3.8) is 0 Å². The summed E-state index contributed by atoms with van der Waals surface area (Å²) in [6.45, 7) is 2.74. The highest BCUT2D eigenvalue weighted by Crippen LogP contribution is 2.10. The summed E-state index contributed by atoms with van der Waals surface area (Å²) in [5, 5.41) is 0.850. The molecule has 0 saturated carbocycles. The van der Waals surface area contributed by atoms with Crippen LogP contribution in [0.3, 0.4) is 0 Å². The predicted octanol–water partition coefficient (Wildman–Crippen LogP) is 4.86. The minimum atomic E-state index is -0.308. The minimum absolute atomic E-state index is 0.308. The van der Waals surface area contributed by atoms with Crippen LogP contribution in [-0.2, 0) is 4.84 Å². The Morgan fingerprint density at radius 3 is 2.00 bits per heavy atom. The van der Waals surface area contributed by atoms with E-state index in [1.54, 1.807) is 12.1 Å². The third-order valence-corrected chi connectivity index (χ3v) is 3.95. The molecule has 0 atom stereocenters. The molecule has 1 amide bonds. The van der Waals surface area contributed by atoms with Crippen molar-refractivity contribution in [1.29, 1.82) is 0 Å². The van der Waals surface area contributed by atoms with Crippen molar-refractivity contribution in [2.75, 3.05) is 6.61 Å². The van der Waals surface area contributed by atoms with Gasteiger partial charge in [0.1, 0.15) is 0 Å². The Kier molecular flexibility index (Phi) is 11.2. The number of nitrogens with zero attached hydrogens (tertiary/aromatic N) is 1. The fraction of sp³-hybridized carbons (Fsp3) is 0.632. The van der Waals surface area contributed by atoms with Gasteiger partial charge in [0, 0.05) is 5.56 Å². The Balaban J connectivity index is 1.95. The average Bonchev–Trinajstić information content (AvgIpc) is 2.59. The van der Waals surface area contributed by atoms with Crippen molar-refractivity contribution in [2.24, 2.45) is 5.84 Å². The summed E-state index contributed by atoms with van der Waals surface area (Å²) in [4.78, 5) is 17.2. The summed E-state index contributed by atoms with van der Waals surface area (Å²) in [7, 11) is 0. The Bertz CT molecular complexity index is 409. The minimum Gasteiger partial charge on any atom is -0.265 e. The molecule has 0 radical (unpaired) electrons. The highest BCUT2D eigenvalue weighted by molar-refractivity contribution is 5.93. The summed E-state index contributed by atoms with van der Waals surface area (Å²) in [5.74, 6) is 5.32. The first-order valence-corrected chi connectivity index (χ1v) is 9.02. The van der Waals surface area contributed by atoms with Gasteiger partial charge in [-0.1, -0.05) is 82.9 Å². The molecule has 2 N–H and O–H groups in total. The van der Waals surface area contributed by atoms with Crippen LogP contribution in [0.5, 0.6) is 0 Å². The smallest absolute Gasteiger partial charge is 0.265 e. The zero-order chi connectivity index (χ0) is 16.8. The van der Waals surface area contributed by atoms with Crippen LogP contribution in [0.4, 0.5) is 0 Å². The molecule has 0 aliphatic carbocycles. The Hall–Kier alpha value is -1.39. The van der Waals surface area contributed by atoms with Gasteiger partial charge in [0.25, 0.3) is 5.91 Å². The van der Waals surface area contributed by atoms with E-state index in [9.17, 15) is 4.79 Å². The van der Waals surface area contributed by atoms with Gasteiger partial charge in [-0.05, 0) is 18.6 Å². The normalized spacial score (nSPS) is 10.7. The van der Waals surface area contributed by atoms with Gasteiger partial charge in [0.2, 0.25) is 0 Å². The first kappa shape index (κ1) is 19.7. The Morgan fingerprint density at radius 2 is 1.43 bits per heavy atom. The monoisotopic (exact) mass is 320 g/mol. The summed E-state index contributed by atoms with van der Waals surface area (Å²) in [6.07, 6.45) is 12.7. The Labute approximate surface area is 140 Å². The molecule has 1 rings (SSSR count). The largest absolute Gasteiger partial charge is 0.292 e. The standard InChI is InChI=1S/C19H32N2O2/c1-2-3-4-5-6-7-8-9-10-14-17-23-21(20)19(22)18-15-12-11-13-16-18/h11-13,15-16H,2-10,14,17,20H2,1H3. The molecule has 0 aliphatic rings. The third-order valence-electron chi connectivity index (χ3n) is 3.95.